The van der Waals surface area contributed by atoms with Crippen molar-refractivity contribution < 1.29 is 5.11 Å². The summed E-state index contributed by atoms with van der Waals surface area (Å²) >= 11 is 5.86. The number of benzene rings is 1. The Morgan fingerprint density at radius 3 is 2.58 bits per heavy atom. The van der Waals surface area contributed by atoms with E-state index in [1.165, 1.54) is 30.5 Å². The van der Waals surface area contributed by atoms with E-state index in [9.17, 15) is 0 Å². The lowest BCUT2D eigenvalue weighted by atomic mass is 9.89. The smallest absolute Gasteiger partial charge is 0.0603 e. The number of nitrogens with one attached hydrogen (secondary N) is 1. The first-order valence-corrected chi connectivity index (χ1v) is 7.15. The summed E-state index contributed by atoms with van der Waals surface area (Å²) in [5.41, 5.74) is 3.95. The summed E-state index contributed by atoms with van der Waals surface area (Å²) in [6.07, 6.45) is 8.86. The maximum absolute atomic E-state index is 8.90. The Morgan fingerprint density at radius 2 is 2.00 bits per heavy atom. The highest BCUT2D eigenvalue weighted by atomic mass is 35.5. The molecule has 2 nitrogen and oxygen atoms in total. The van der Waals surface area contributed by atoms with Gasteiger partial charge in [0, 0.05) is 23.7 Å². The van der Waals surface area contributed by atoms with Gasteiger partial charge < -0.3 is 10.4 Å². The van der Waals surface area contributed by atoms with Crippen LogP contribution in [0, 0.1) is 0 Å². The number of aliphatic hydroxyl groups is 1. The minimum absolute atomic E-state index is 0.178. The van der Waals surface area contributed by atoms with E-state index < -0.39 is 0 Å². The molecule has 0 aliphatic heterocycles. The highest BCUT2D eigenvalue weighted by Gasteiger charge is 2.13. The average Bonchev–Trinajstić information content (AvgIpc) is 2.36. The number of halogens is 1. The van der Waals surface area contributed by atoms with E-state index in [0.717, 1.165) is 17.0 Å². The molecule has 2 rings (SSSR count). The highest BCUT2D eigenvalue weighted by molar-refractivity contribution is 6.30. The van der Waals surface area contributed by atoms with E-state index in [4.69, 9.17) is 16.7 Å². The van der Waals surface area contributed by atoms with E-state index in [1.807, 2.05) is 24.3 Å². The normalized spacial score (nSPS) is 14.5. The molecule has 1 aromatic rings. The summed E-state index contributed by atoms with van der Waals surface area (Å²) < 4.78 is 0. The molecule has 0 saturated heterocycles. The van der Waals surface area contributed by atoms with Crippen LogP contribution in [0.2, 0.25) is 5.02 Å². The van der Waals surface area contributed by atoms with Gasteiger partial charge in [0.1, 0.15) is 0 Å². The predicted octanol–water partition coefficient (Wildman–Crippen LogP) is 3.76. The standard InChI is InChI=1S/C16H20ClNO/c17-15-9-7-13(8-10-15)3-1-6-16(18-11-12-19)14-4-2-5-14/h1,3,7-10,18-19H,2,4-6,11-12H2/b3-1+. The van der Waals surface area contributed by atoms with E-state index in [-0.39, 0.29) is 6.61 Å². The summed E-state index contributed by atoms with van der Waals surface area (Å²) in [6, 6.07) is 7.82. The van der Waals surface area contributed by atoms with Crippen LogP contribution in [0.15, 0.2) is 41.6 Å². The molecule has 2 N–H and O–H groups in total. The van der Waals surface area contributed by atoms with Crippen LogP contribution >= 0.6 is 11.6 Å². The van der Waals surface area contributed by atoms with Gasteiger partial charge in [0.25, 0.3) is 0 Å². The maximum atomic E-state index is 8.90. The highest BCUT2D eigenvalue weighted by Crippen LogP contribution is 2.29. The van der Waals surface area contributed by atoms with Crippen LogP contribution in [0.4, 0.5) is 0 Å². The molecular weight excluding hydrogens is 258 g/mol. The molecule has 1 saturated carbocycles. The van der Waals surface area contributed by atoms with Crippen LogP contribution in [-0.4, -0.2) is 18.3 Å². The molecule has 0 atom stereocenters. The lowest BCUT2D eigenvalue weighted by molar-refractivity contribution is 0.296. The minimum atomic E-state index is 0.178. The quantitative estimate of drug-likeness (QED) is 0.830. The minimum Gasteiger partial charge on any atom is -0.395 e. The largest absolute Gasteiger partial charge is 0.395 e. The average molecular weight is 278 g/mol. The Morgan fingerprint density at radius 1 is 1.26 bits per heavy atom. The number of rotatable bonds is 6. The molecule has 1 aromatic carbocycles. The van der Waals surface area contributed by atoms with Gasteiger partial charge in [-0.05, 0) is 37.0 Å². The third kappa shape index (κ3) is 4.41. The molecule has 1 aliphatic carbocycles. The molecule has 0 amide bonds. The van der Waals surface area contributed by atoms with Crippen LogP contribution in [0.3, 0.4) is 0 Å². The van der Waals surface area contributed by atoms with Crippen molar-refractivity contribution in [2.75, 3.05) is 13.2 Å². The molecule has 0 radical (unpaired) electrons. The first kappa shape index (κ1) is 14.2. The Bertz CT molecular complexity index is 456. The molecule has 0 spiro atoms. The molecule has 102 valence electrons. The van der Waals surface area contributed by atoms with Gasteiger partial charge in [0.15, 0.2) is 0 Å². The Kier molecular flexibility index (Phi) is 5.49. The summed E-state index contributed by atoms with van der Waals surface area (Å²) in [7, 11) is 0. The second-order valence-electron chi connectivity index (χ2n) is 4.74. The summed E-state index contributed by atoms with van der Waals surface area (Å²) in [5, 5.41) is 13.0. The molecule has 0 bridgehead atoms. The molecule has 0 unspecified atom stereocenters. The zero-order valence-electron chi connectivity index (χ0n) is 11.0. The summed E-state index contributed by atoms with van der Waals surface area (Å²) in [5.74, 6) is 0. The fraction of sp³-hybridized carbons (Fsp3) is 0.375. The van der Waals surface area contributed by atoms with Crippen LogP contribution in [0.25, 0.3) is 6.08 Å². The topological polar surface area (TPSA) is 32.3 Å². The maximum Gasteiger partial charge on any atom is 0.0603 e. The van der Waals surface area contributed by atoms with Crippen molar-refractivity contribution in [2.45, 2.75) is 25.7 Å². The van der Waals surface area contributed by atoms with Crippen LogP contribution in [0.1, 0.15) is 31.2 Å². The van der Waals surface area contributed by atoms with Gasteiger partial charge >= 0.3 is 0 Å². The molecule has 3 heteroatoms. The summed E-state index contributed by atoms with van der Waals surface area (Å²) in [4.78, 5) is 0. The van der Waals surface area contributed by atoms with E-state index in [2.05, 4.69) is 17.5 Å². The zero-order chi connectivity index (χ0) is 13.5. The van der Waals surface area contributed by atoms with Crippen molar-refractivity contribution in [2.24, 2.45) is 0 Å². The lowest BCUT2D eigenvalue weighted by Crippen LogP contribution is -2.21. The van der Waals surface area contributed by atoms with Crippen molar-refractivity contribution in [3.8, 4) is 0 Å². The monoisotopic (exact) mass is 277 g/mol. The van der Waals surface area contributed by atoms with E-state index in [0.29, 0.717) is 6.54 Å². The van der Waals surface area contributed by atoms with Gasteiger partial charge in [-0.3, -0.25) is 0 Å². The van der Waals surface area contributed by atoms with E-state index in [1.54, 1.807) is 0 Å². The molecule has 1 fully saturated rings. The molecule has 19 heavy (non-hydrogen) atoms. The number of hydrogen-bond donors (Lipinski definition) is 2. The second kappa shape index (κ2) is 7.37. The fourth-order valence-corrected chi connectivity index (χ4v) is 2.22. The van der Waals surface area contributed by atoms with Gasteiger partial charge in [-0.25, -0.2) is 0 Å². The van der Waals surface area contributed by atoms with Crippen LogP contribution in [0.5, 0.6) is 0 Å². The fourth-order valence-electron chi connectivity index (χ4n) is 2.09. The molecule has 1 aliphatic rings. The van der Waals surface area contributed by atoms with Crippen LogP contribution < -0.4 is 5.32 Å². The zero-order valence-corrected chi connectivity index (χ0v) is 11.8. The molecular formula is C16H20ClNO. The van der Waals surface area contributed by atoms with Gasteiger partial charge in [-0.15, -0.1) is 0 Å². The van der Waals surface area contributed by atoms with Crippen molar-refractivity contribution in [1.29, 1.82) is 0 Å². The molecule has 0 heterocycles. The SMILES string of the molecule is OCCNC(C/C=C/c1ccc(Cl)cc1)=C1CCC1. The van der Waals surface area contributed by atoms with Crippen molar-refractivity contribution in [3.05, 3.63) is 52.2 Å². The first-order chi connectivity index (χ1) is 9.29. The summed E-state index contributed by atoms with van der Waals surface area (Å²) in [6.45, 7) is 0.811. The van der Waals surface area contributed by atoms with Crippen molar-refractivity contribution in [1.82, 2.24) is 5.32 Å². The molecule has 0 aromatic heterocycles. The lowest BCUT2D eigenvalue weighted by Gasteiger charge is -2.22. The Balaban J connectivity index is 1.93. The second-order valence-corrected chi connectivity index (χ2v) is 5.18. The number of aliphatic hydroxyl groups excluding tert-OH is 1. The third-order valence-corrected chi connectivity index (χ3v) is 3.59. The van der Waals surface area contributed by atoms with Gasteiger partial charge in [0.05, 0.1) is 6.61 Å². The Labute approximate surface area is 119 Å². The first-order valence-electron chi connectivity index (χ1n) is 6.77. The van der Waals surface area contributed by atoms with Gasteiger partial charge in [-0.2, -0.15) is 0 Å². The van der Waals surface area contributed by atoms with E-state index >= 15 is 0 Å². The van der Waals surface area contributed by atoms with Gasteiger partial charge in [0.2, 0.25) is 0 Å². The predicted molar refractivity (Wildman–Crippen MR) is 81.1 cm³/mol. The van der Waals surface area contributed by atoms with Gasteiger partial charge in [-0.1, -0.05) is 41.5 Å². The number of allylic oxidation sites excluding steroid dienone is 2. The third-order valence-electron chi connectivity index (χ3n) is 3.34. The van der Waals surface area contributed by atoms with Crippen molar-refractivity contribution >= 4 is 17.7 Å². The van der Waals surface area contributed by atoms with Crippen molar-refractivity contribution in [3.63, 3.8) is 0 Å². The Hall–Kier alpha value is -1.25. The number of hydrogen-bond acceptors (Lipinski definition) is 2. The van der Waals surface area contributed by atoms with Crippen LogP contribution in [-0.2, 0) is 0 Å².